The maximum absolute atomic E-state index is 11.0. The molecule has 0 fully saturated rings. The van der Waals surface area contributed by atoms with Gasteiger partial charge in [-0.1, -0.05) is 41.9 Å². The quantitative estimate of drug-likeness (QED) is 0.350. The number of nitriles is 1. The molecule has 6 heteroatoms. The van der Waals surface area contributed by atoms with Gasteiger partial charge < -0.3 is 4.42 Å². The van der Waals surface area contributed by atoms with Crippen molar-refractivity contribution in [2.24, 2.45) is 0 Å². The third kappa shape index (κ3) is 3.60. The number of hydrogen-bond acceptors (Lipinski definition) is 4. The maximum Gasteiger partial charge on any atom is 0.288 e. The number of benzene rings is 2. The zero-order chi connectivity index (χ0) is 17.8. The molecule has 5 nitrogen and oxygen atoms in total. The summed E-state index contributed by atoms with van der Waals surface area (Å²) in [6.45, 7) is 0. The fourth-order valence-corrected chi connectivity index (χ4v) is 2.52. The number of furan rings is 1. The first-order valence-corrected chi connectivity index (χ1v) is 7.67. The van der Waals surface area contributed by atoms with Crippen LogP contribution in [0.1, 0.15) is 11.3 Å². The first-order chi connectivity index (χ1) is 12.1. The molecule has 0 unspecified atom stereocenters. The van der Waals surface area contributed by atoms with Gasteiger partial charge in [0, 0.05) is 11.6 Å². The highest BCUT2D eigenvalue weighted by Gasteiger charge is 2.15. The molecule has 0 aliphatic heterocycles. The number of rotatable bonds is 4. The molecule has 0 amide bonds. The van der Waals surface area contributed by atoms with Crippen LogP contribution in [-0.4, -0.2) is 4.92 Å². The van der Waals surface area contributed by atoms with E-state index in [9.17, 15) is 15.4 Å². The van der Waals surface area contributed by atoms with Gasteiger partial charge >= 0.3 is 0 Å². The second kappa shape index (κ2) is 7.04. The van der Waals surface area contributed by atoms with Gasteiger partial charge in [-0.3, -0.25) is 10.1 Å². The van der Waals surface area contributed by atoms with Crippen molar-refractivity contribution in [2.45, 2.75) is 0 Å². The van der Waals surface area contributed by atoms with E-state index in [0.717, 1.165) is 5.56 Å². The summed E-state index contributed by atoms with van der Waals surface area (Å²) >= 11 is 5.82. The lowest BCUT2D eigenvalue weighted by atomic mass is 10.1. The lowest BCUT2D eigenvalue weighted by Crippen LogP contribution is -1.89. The molecule has 0 radical (unpaired) electrons. The van der Waals surface area contributed by atoms with E-state index in [4.69, 9.17) is 16.0 Å². The molecule has 3 rings (SSSR count). The van der Waals surface area contributed by atoms with E-state index in [1.165, 1.54) is 12.1 Å². The minimum atomic E-state index is -0.543. The Kier molecular flexibility index (Phi) is 4.64. The van der Waals surface area contributed by atoms with Crippen LogP contribution in [0, 0.1) is 21.4 Å². The molecule has 1 heterocycles. The van der Waals surface area contributed by atoms with Crippen molar-refractivity contribution in [1.29, 1.82) is 5.26 Å². The van der Waals surface area contributed by atoms with Crippen molar-refractivity contribution < 1.29 is 9.34 Å². The summed E-state index contributed by atoms with van der Waals surface area (Å²) in [5.41, 5.74) is 1.59. The van der Waals surface area contributed by atoms with Crippen molar-refractivity contribution in [1.82, 2.24) is 0 Å². The lowest BCUT2D eigenvalue weighted by molar-refractivity contribution is -0.384. The number of nitro groups is 1. The number of halogens is 1. The minimum Gasteiger partial charge on any atom is -0.457 e. The van der Waals surface area contributed by atoms with Gasteiger partial charge in [0.15, 0.2) is 0 Å². The normalized spacial score (nSPS) is 11.1. The van der Waals surface area contributed by atoms with E-state index >= 15 is 0 Å². The topological polar surface area (TPSA) is 80.1 Å². The van der Waals surface area contributed by atoms with Gasteiger partial charge in [0.05, 0.1) is 16.6 Å². The third-order valence-corrected chi connectivity index (χ3v) is 3.87. The van der Waals surface area contributed by atoms with Gasteiger partial charge in [0.25, 0.3) is 5.69 Å². The highest BCUT2D eigenvalue weighted by molar-refractivity contribution is 6.32. The summed E-state index contributed by atoms with van der Waals surface area (Å²) in [6.07, 6.45) is 1.63. The Bertz CT molecular complexity index is 1000. The molecule has 3 aromatic rings. The Hall–Kier alpha value is -3.36. The van der Waals surface area contributed by atoms with Crippen LogP contribution in [0.25, 0.3) is 23.0 Å². The van der Waals surface area contributed by atoms with E-state index in [2.05, 4.69) is 6.07 Å². The minimum absolute atomic E-state index is 0.0660. The van der Waals surface area contributed by atoms with E-state index < -0.39 is 4.92 Å². The lowest BCUT2D eigenvalue weighted by Gasteiger charge is -2.00. The number of nitrogens with zero attached hydrogens (tertiary/aromatic N) is 2. The summed E-state index contributed by atoms with van der Waals surface area (Å²) in [7, 11) is 0. The van der Waals surface area contributed by atoms with Gasteiger partial charge in [-0.15, -0.1) is 0 Å². The van der Waals surface area contributed by atoms with Crippen molar-refractivity contribution in [3.8, 4) is 17.4 Å². The fourth-order valence-electron chi connectivity index (χ4n) is 2.33. The van der Waals surface area contributed by atoms with Crippen molar-refractivity contribution in [3.05, 3.63) is 87.1 Å². The summed E-state index contributed by atoms with van der Waals surface area (Å²) in [4.78, 5) is 10.5. The average Bonchev–Trinajstić information content (AvgIpc) is 3.09. The zero-order valence-electron chi connectivity index (χ0n) is 12.8. The molecule has 0 saturated heterocycles. The number of nitro benzene ring substituents is 1. The Morgan fingerprint density at radius 3 is 2.60 bits per heavy atom. The van der Waals surface area contributed by atoms with Gasteiger partial charge in [-0.2, -0.15) is 5.26 Å². The molecule has 2 aromatic carbocycles. The molecular weight excluding hydrogens is 340 g/mol. The molecular formula is C19H11ClN2O3. The van der Waals surface area contributed by atoms with Crippen LogP contribution < -0.4 is 0 Å². The molecule has 1 aromatic heterocycles. The highest BCUT2D eigenvalue weighted by Crippen LogP contribution is 2.31. The van der Waals surface area contributed by atoms with Gasteiger partial charge in [-0.05, 0) is 35.9 Å². The summed E-state index contributed by atoms with van der Waals surface area (Å²) < 4.78 is 5.70. The first-order valence-electron chi connectivity index (χ1n) is 7.30. The van der Waals surface area contributed by atoms with Gasteiger partial charge in [0.1, 0.15) is 16.5 Å². The first kappa shape index (κ1) is 16.5. The van der Waals surface area contributed by atoms with E-state index in [1.54, 1.807) is 24.3 Å². The largest absolute Gasteiger partial charge is 0.457 e. The van der Waals surface area contributed by atoms with Crippen molar-refractivity contribution in [2.75, 3.05) is 0 Å². The van der Waals surface area contributed by atoms with Crippen LogP contribution in [0.2, 0.25) is 5.02 Å². The summed E-state index contributed by atoms with van der Waals surface area (Å²) in [5, 5.41) is 20.4. The molecule has 0 bridgehead atoms. The second-order valence-corrected chi connectivity index (χ2v) is 5.57. The third-order valence-electron chi connectivity index (χ3n) is 3.55. The van der Waals surface area contributed by atoms with Crippen molar-refractivity contribution in [3.63, 3.8) is 0 Å². The smallest absolute Gasteiger partial charge is 0.288 e. The zero-order valence-corrected chi connectivity index (χ0v) is 13.6. The molecule has 0 aliphatic rings. The standard InChI is InChI=1S/C19H11ClN2O3/c20-17-8-6-14(11-18(17)22(23)24)19-9-7-16(25-19)10-15(12-21)13-4-2-1-3-5-13/h1-11H/b15-10-. The van der Waals surface area contributed by atoms with Gasteiger partial charge in [0.2, 0.25) is 0 Å². The molecule has 25 heavy (non-hydrogen) atoms. The van der Waals surface area contributed by atoms with Crippen LogP contribution in [0.15, 0.2) is 65.1 Å². The number of hydrogen-bond donors (Lipinski definition) is 0. The maximum atomic E-state index is 11.0. The Morgan fingerprint density at radius 1 is 1.16 bits per heavy atom. The molecule has 0 aliphatic carbocycles. The average molecular weight is 351 g/mol. The monoisotopic (exact) mass is 350 g/mol. The molecule has 0 saturated carbocycles. The molecule has 0 N–H and O–H groups in total. The molecule has 0 atom stereocenters. The van der Waals surface area contributed by atoms with E-state index in [1.807, 2.05) is 30.3 Å². The Balaban J connectivity index is 1.96. The van der Waals surface area contributed by atoms with Crippen LogP contribution in [0.3, 0.4) is 0 Å². The Labute approximate surface area is 148 Å². The van der Waals surface area contributed by atoms with Gasteiger partial charge in [-0.25, -0.2) is 0 Å². The van der Waals surface area contributed by atoms with Crippen molar-refractivity contribution >= 4 is 28.9 Å². The second-order valence-electron chi connectivity index (χ2n) is 5.16. The van der Waals surface area contributed by atoms with Crippen LogP contribution in [-0.2, 0) is 0 Å². The predicted molar refractivity (Wildman–Crippen MR) is 95.7 cm³/mol. The Morgan fingerprint density at radius 2 is 1.92 bits per heavy atom. The van der Waals surface area contributed by atoms with E-state index in [0.29, 0.717) is 22.7 Å². The summed E-state index contributed by atoms with van der Waals surface area (Å²) in [6, 6.07) is 19.2. The van der Waals surface area contributed by atoms with Crippen LogP contribution in [0.5, 0.6) is 0 Å². The SMILES string of the molecule is N#C/C(=C/c1ccc(-c2ccc(Cl)c([N+](=O)[O-])c2)o1)c1ccccc1. The van der Waals surface area contributed by atoms with Crippen LogP contribution in [0.4, 0.5) is 5.69 Å². The van der Waals surface area contributed by atoms with E-state index in [-0.39, 0.29) is 10.7 Å². The molecule has 122 valence electrons. The number of allylic oxidation sites excluding steroid dienone is 1. The fraction of sp³-hybridized carbons (Fsp3) is 0. The van der Waals surface area contributed by atoms with Crippen LogP contribution >= 0.6 is 11.6 Å². The predicted octanol–water partition coefficient (Wildman–Crippen LogP) is 5.57. The highest BCUT2D eigenvalue weighted by atomic mass is 35.5. The molecule has 0 spiro atoms. The summed E-state index contributed by atoms with van der Waals surface area (Å²) in [5.74, 6) is 0.935.